The molecular weight excluding hydrogens is 282 g/mol. The maximum absolute atomic E-state index is 11.9. The highest BCUT2D eigenvalue weighted by Gasteiger charge is 2.28. The fourth-order valence-corrected chi connectivity index (χ4v) is 2.34. The predicted octanol–water partition coefficient (Wildman–Crippen LogP) is 1.58. The SMILES string of the molecule is CC(C)(C)C(=O)ON1CCN(c2ncnc3cc[nH]c23)CC1. The highest BCUT2D eigenvalue weighted by Crippen LogP contribution is 2.23. The van der Waals surface area contributed by atoms with E-state index in [1.165, 1.54) is 0 Å². The van der Waals surface area contributed by atoms with Crippen molar-refractivity contribution in [3.05, 3.63) is 18.6 Å². The van der Waals surface area contributed by atoms with Crippen LogP contribution in [0.15, 0.2) is 18.6 Å². The van der Waals surface area contributed by atoms with Gasteiger partial charge in [-0.15, -0.1) is 5.06 Å². The molecule has 2 aromatic rings. The van der Waals surface area contributed by atoms with Gasteiger partial charge in [0.1, 0.15) is 11.8 Å². The monoisotopic (exact) mass is 303 g/mol. The number of rotatable bonds is 2. The van der Waals surface area contributed by atoms with Gasteiger partial charge >= 0.3 is 5.97 Å². The van der Waals surface area contributed by atoms with Crippen LogP contribution in [-0.4, -0.2) is 52.2 Å². The highest BCUT2D eigenvalue weighted by atomic mass is 16.7. The van der Waals surface area contributed by atoms with Gasteiger partial charge in [0.05, 0.1) is 24.0 Å². The Morgan fingerprint density at radius 1 is 1.23 bits per heavy atom. The molecule has 0 aliphatic carbocycles. The molecule has 7 heteroatoms. The van der Waals surface area contributed by atoms with Gasteiger partial charge in [-0.3, -0.25) is 0 Å². The molecule has 0 radical (unpaired) electrons. The van der Waals surface area contributed by atoms with Crippen LogP contribution in [0.1, 0.15) is 20.8 Å². The van der Waals surface area contributed by atoms with Crippen molar-refractivity contribution in [2.75, 3.05) is 31.1 Å². The summed E-state index contributed by atoms with van der Waals surface area (Å²) in [6, 6.07) is 1.93. The first-order chi connectivity index (χ1) is 10.4. The van der Waals surface area contributed by atoms with Crippen LogP contribution in [-0.2, 0) is 9.63 Å². The van der Waals surface area contributed by atoms with Gasteiger partial charge in [-0.1, -0.05) is 0 Å². The van der Waals surface area contributed by atoms with Gasteiger partial charge in [0.25, 0.3) is 0 Å². The standard InChI is InChI=1S/C15H21N5O2/c1-15(2,3)14(21)22-20-8-6-19(7-9-20)13-12-11(4-5-16-12)17-10-18-13/h4-5,10,16H,6-9H2,1-3H3. The largest absolute Gasteiger partial charge is 0.367 e. The van der Waals surface area contributed by atoms with E-state index in [0.29, 0.717) is 13.1 Å². The summed E-state index contributed by atoms with van der Waals surface area (Å²) in [5, 5.41) is 1.73. The van der Waals surface area contributed by atoms with Crippen molar-refractivity contribution in [1.82, 2.24) is 20.0 Å². The number of hydroxylamine groups is 2. The molecule has 118 valence electrons. The Morgan fingerprint density at radius 2 is 1.95 bits per heavy atom. The summed E-state index contributed by atoms with van der Waals surface area (Å²) < 4.78 is 0. The zero-order valence-electron chi connectivity index (χ0n) is 13.2. The number of aromatic amines is 1. The van der Waals surface area contributed by atoms with Gasteiger partial charge in [0.2, 0.25) is 0 Å². The first-order valence-electron chi connectivity index (χ1n) is 7.45. The van der Waals surface area contributed by atoms with E-state index >= 15 is 0 Å². The minimum Gasteiger partial charge on any atom is -0.367 e. The van der Waals surface area contributed by atoms with Crippen molar-refractivity contribution in [2.24, 2.45) is 5.41 Å². The number of H-pyrrole nitrogens is 1. The van der Waals surface area contributed by atoms with E-state index in [-0.39, 0.29) is 5.97 Å². The maximum atomic E-state index is 11.9. The Morgan fingerprint density at radius 3 is 2.64 bits per heavy atom. The van der Waals surface area contributed by atoms with Gasteiger partial charge in [-0.2, -0.15) is 0 Å². The lowest BCUT2D eigenvalue weighted by Crippen LogP contribution is -2.48. The topological polar surface area (TPSA) is 74.3 Å². The molecule has 1 N–H and O–H groups in total. The number of anilines is 1. The minimum atomic E-state index is -0.486. The minimum absolute atomic E-state index is 0.199. The number of nitrogens with one attached hydrogen (secondary N) is 1. The fraction of sp³-hybridized carbons (Fsp3) is 0.533. The molecule has 1 aliphatic rings. The van der Waals surface area contributed by atoms with Crippen LogP contribution < -0.4 is 4.90 Å². The normalized spacial score (nSPS) is 17.0. The van der Waals surface area contributed by atoms with Crippen LogP contribution >= 0.6 is 0 Å². The van der Waals surface area contributed by atoms with Crippen LogP contribution in [0.4, 0.5) is 5.82 Å². The molecule has 2 aromatic heterocycles. The Balaban J connectivity index is 1.65. The van der Waals surface area contributed by atoms with Crippen molar-refractivity contribution < 1.29 is 9.63 Å². The average molecular weight is 303 g/mol. The predicted molar refractivity (Wildman–Crippen MR) is 83.2 cm³/mol. The van der Waals surface area contributed by atoms with Crippen molar-refractivity contribution in [2.45, 2.75) is 20.8 Å². The molecular formula is C15H21N5O2. The molecule has 0 bridgehead atoms. The first-order valence-corrected chi connectivity index (χ1v) is 7.45. The number of nitrogens with zero attached hydrogens (tertiary/aromatic N) is 4. The van der Waals surface area contributed by atoms with E-state index in [1.807, 2.05) is 33.0 Å². The van der Waals surface area contributed by atoms with Crippen LogP contribution in [0.25, 0.3) is 11.0 Å². The molecule has 0 unspecified atom stereocenters. The Bertz CT molecular complexity index is 668. The molecule has 3 heterocycles. The molecule has 0 amide bonds. The fourth-order valence-electron chi connectivity index (χ4n) is 2.34. The van der Waals surface area contributed by atoms with Crippen LogP contribution in [0, 0.1) is 5.41 Å². The summed E-state index contributed by atoms with van der Waals surface area (Å²) in [4.78, 5) is 31.3. The van der Waals surface area contributed by atoms with Crippen LogP contribution in [0.3, 0.4) is 0 Å². The third-order valence-electron chi connectivity index (χ3n) is 3.69. The van der Waals surface area contributed by atoms with Crippen molar-refractivity contribution in [3.8, 4) is 0 Å². The van der Waals surface area contributed by atoms with E-state index in [1.54, 1.807) is 11.4 Å². The van der Waals surface area contributed by atoms with Gasteiger partial charge in [0.15, 0.2) is 5.82 Å². The number of piperazine rings is 1. The number of carbonyl (C=O) groups excluding carboxylic acids is 1. The molecule has 0 aromatic carbocycles. The zero-order valence-corrected chi connectivity index (χ0v) is 13.2. The quantitative estimate of drug-likeness (QED) is 0.908. The summed E-state index contributed by atoms with van der Waals surface area (Å²) >= 11 is 0. The van der Waals surface area contributed by atoms with Gasteiger partial charge < -0.3 is 14.7 Å². The number of hydrogen-bond acceptors (Lipinski definition) is 6. The second-order valence-electron chi connectivity index (χ2n) is 6.48. The number of carbonyl (C=O) groups is 1. The molecule has 1 aliphatic heterocycles. The van der Waals surface area contributed by atoms with E-state index in [9.17, 15) is 4.79 Å². The lowest BCUT2D eigenvalue weighted by molar-refractivity contribution is -0.201. The lowest BCUT2D eigenvalue weighted by atomic mass is 9.98. The Kier molecular flexibility index (Phi) is 3.74. The van der Waals surface area contributed by atoms with Crippen LogP contribution in [0.5, 0.6) is 0 Å². The smallest absolute Gasteiger partial charge is 0.330 e. The second-order valence-corrected chi connectivity index (χ2v) is 6.48. The summed E-state index contributed by atoms with van der Waals surface area (Å²) in [5.74, 6) is 0.701. The van der Waals surface area contributed by atoms with E-state index in [0.717, 1.165) is 29.9 Å². The van der Waals surface area contributed by atoms with E-state index in [2.05, 4.69) is 19.9 Å². The van der Waals surface area contributed by atoms with Crippen molar-refractivity contribution in [3.63, 3.8) is 0 Å². The van der Waals surface area contributed by atoms with Gasteiger partial charge in [-0.05, 0) is 26.8 Å². The average Bonchev–Trinajstić information content (AvgIpc) is 2.95. The maximum Gasteiger partial charge on any atom is 0.330 e. The number of aromatic nitrogens is 3. The van der Waals surface area contributed by atoms with Gasteiger partial charge in [-0.25, -0.2) is 14.8 Å². The summed E-state index contributed by atoms with van der Waals surface area (Å²) in [7, 11) is 0. The molecule has 0 saturated carbocycles. The molecule has 0 atom stereocenters. The van der Waals surface area contributed by atoms with E-state index < -0.39 is 5.41 Å². The van der Waals surface area contributed by atoms with E-state index in [4.69, 9.17) is 4.84 Å². The third-order valence-corrected chi connectivity index (χ3v) is 3.69. The molecule has 7 nitrogen and oxygen atoms in total. The number of fused-ring (bicyclic) bond motifs is 1. The molecule has 22 heavy (non-hydrogen) atoms. The summed E-state index contributed by atoms with van der Waals surface area (Å²) in [6.07, 6.45) is 3.45. The number of hydrogen-bond donors (Lipinski definition) is 1. The second kappa shape index (κ2) is 5.57. The molecule has 3 rings (SSSR count). The Hall–Kier alpha value is -2.15. The van der Waals surface area contributed by atoms with Crippen molar-refractivity contribution >= 4 is 22.8 Å². The summed E-state index contributed by atoms with van der Waals surface area (Å²) in [6.45, 7) is 8.39. The lowest BCUT2D eigenvalue weighted by Gasteiger charge is -2.35. The highest BCUT2D eigenvalue weighted by molar-refractivity contribution is 5.85. The molecule has 1 saturated heterocycles. The Labute approximate surface area is 129 Å². The molecule has 0 spiro atoms. The molecule has 1 fully saturated rings. The third kappa shape index (κ3) is 2.89. The summed E-state index contributed by atoms with van der Waals surface area (Å²) in [5.41, 5.74) is 1.37. The zero-order chi connectivity index (χ0) is 15.7. The van der Waals surface area contributed by atoms with Crippen LogP contribution in [0.2, 0.25) is 0 Å². The van der Waals surface area contributed by atoms with Gasteiger partial charge in [0, 0.05) is 19.3 Å². The van der Waals surface area contributed by atoms with Crippen molar-refractivity contribution in [1.29, 1.82) is 0 Å². The first kappa shape index (κ1) is 14.8.